The molecule has 3 rings (SSSR count). The molecule has 6 heteroatoms. The molecular weight excluding hydrogens is 288 g/mol. The maximum atomic E-state index is 4.68. The minimum absolute atomic E-state index is 0.497. The third kappa shape index (κ3) is 4.09. The summed E-state index contributed by atoms with van der Waals surface area (Å²) >= 11 is 0. The lowest BCUT2D eigenvalue weighted by Gasteiger charge is -2.16. The second-order valence-electron chi connectivity index (χ2n) is 5.77. The first kappa shape index (κ1) is 15.5. The standard InChI is InChI=1S/C17H24N6/c1-2-18-17(21-14-8-6-7-9-14)19-12-16-22-20-13-23(16)15-10-4-3-5-11-15/h3-5,10-11,13-14H,2,6-9,12H2,1H3,(H2,18,19,21). The molecule has 1 heterocycles. The van der Waals surface area contributed by atoms with E-state index >= 15 is 0 Å². The summed E-state index contributed by atoms with van der Waals surface area (Å²) in [6, 6.07) is 10.6. The van der Waals surface area contributed by atoms with Gasteiger partial charge in [-0.3, -0.25) is 4.57 Å². The van der Waals surface area contributed by atoms with Gasteiger partial charge in [0.05, 0.1) is 0 Å². The fraction of sp³-hybridized carbons (Fsp3) is 0.471. The van der Waals surface area contributed by atoms with Gasteiger partial charge in [0.15, 0.2) is 11.8 Å². The Morgan fingerprint density at radius 3 is 2.78 bits per heavy atom. The Kier molecular flexibility index (Phi) is 5.24. The predicted molar refractivity (Wildman–Crippen MR) is 91.6 cm³/mol. The number of nitrogens with one attached hydrogen (secondary N) is 2. The molecule has 1 fully saturated rings. The number of hydrogen-bond donors (Lipinski definition) is 2. The van der Waals surface area contributed by atoms with Crippen molar-refractivity contribution < 1.29 is 0 Å². The molecule has 6 nitrogen and oxygen atoms in total. The summed E-state index contributed by atoms with van der Waals surface area (Å²) in [4.78, 5) is 4.68. The van der Waals surface area contributed by atoms with E-state index in [1.54, 1.807) is 6.33 Å². The molecule has 23 heavy (non-hydrogen) atoms. The minimum Gasteiger partial charge on any atom is -0.357 e. The Morgan fingerprint density at radius 2 is 2.04 bits per heavy atom. The number of para-hydroxylation sites is 1. The second-order valence-corrected chi connectivity index (χ2v) is 5.77. The highest BCUT2D eigenvalue weighted by Crippen LogP contribution is 2.17. The van der Waals surface area contributed by atoms with Crippen LogP contribution in [0.1, 0.15) is 38.4 Å². The van der Waals surface area contributed by atoms with E-state index in [-0.39, 0.29) is 0 Å². The lowest BCUT2D eigenvalue weighted by Crippen LogP contribution is -2.42. The molecule has 0 unspecified atom stereocenters. The van der Waals surface area contributed by atoms with Crippen LogP contribution < -0.4 is 10.6 Å². The van der Waals surface area contributed by atoms with Crippen LogP contribution in [-0.2, 0) is 6.54 Å². The summed E-state index contributed by atoms with van der Waals surface area (Å²) in [5.41, 5.74) is 1.05. The zero-order valence-electron chi connectivity index (χ0n) is 13.6. The van der Waals surface area contributed by atoms with Crippen molar-refractivity contribution in [3.8, 4) is 5.69 Å². The molecular formula is C17H24N6. The molecule has 1 aliphatic rings. The summed E-state index contributed by atoms with van der Waals surface area (Å²) in [5.74, 6) is 1.70. The van der Waals surface area contributed by atoms with E-state index in [1.165, 1.54) is 25.7 Å². The van der Waals surface area contributed by atoms with Crippen LogP contribution in [0.3, 0.4) is 0 Å². The summed E-state index contributed by atoms with van der Waals surface area (Å²) in [5, 5.41) is 15.1. The third-order valence-electron chi connectivity index (χ3n) is 4.07. The Hall–Kier alpha value is -2.37. The van der Waals surface area contributed by atoms with Crippen LogP contribution in [0, 0.1) is 0 Å². The first-order chi connectivity index (χ1) is 11.4. The van der Waals surface area contributed by atoms with E-state index in [9.17, 15) is 0 Å². The number of hydrogen-bond acceptors (Lipinski definition) is 3. The van der Waals surface area contributed by atoms with Crippen molar-refractivity contribution in [2.24, 2.45) is 4.99 Å². The largest absolute Gasteiger partial charge is 0.357 e. The smallest absolute Gasteiger partial charge is 0.191 e. The summed E-state index contributed by atoms with van der Waals surface area (Å²) < 4.78 is 1.97. The van der Waals surface area contributed by atoms with Crippen LogP contribution in [0.4, 0.5) is 0 Å². The number of aliphatic imine (C=N–C) groups is 1. The molecule has 0 spiro atoms. The van der Waals surface area contributed by atoms with Crippen LogP contribution in [0.5, 0.6) is 0 Å². The monoisotopic (exact) mass is 312 g/mol. The molecule has 1 saturated carbocycles. The Morgan fingerprint density at radius 1 is 1.26 bits per heavy atom. The number of rotatable bonds is 5. The lowest BCUT2D eigenvalue weighted by atomic mass is 10.2. The number of benzene rings is 1. The van der Waals surface area contributed by atoms with E-state index in [1.807, 2.05) is 34.9 Å². The number of aromatic nitrogens is 3. The summed E-state index contributed by atoms with van der Waals surface area (Å²) in [7, 11) is 0. The molecule has 2 N–H and O–H groups in total. The van der Waals surface area contributed by atoms with E-state index in [2.05, 4.69) is 32.7 Å². The van der Waals surface area contributed by atoms with Gasteiger partial charge in [-0.25, -0.2) is 4.99 Å². The summed E-state index contributed by atoms with van der Waals surface area (Å²) in [6.45, 7) is 3.43. The zero-order valence-corrected chi connectivity index (χ0v) is 13.6. The average Bonchev–Trinajstić information content (AvgIpc) is 3.25. The first-order valence-corrected chi connectivity index (χ1v) is 8.36. The molecule has 1 aliphatic carbocycles. The van der Waals surface area contributed by atoms with Crippen LogP contribution >= 0.6 is 0 Å². The molecule has 1 aromatic carbocycles. The van der Waals surface area contributed by atoms with Crippen molar-refractivity contribution >= 4 is 5.96 Å². The molecule has 0 aliphatic heterocycles. The molecule has 0 saturated heterocycles. The van der Waals surface area contributed by atoms with Crippen LogP contribution in [0.25, 0.3) is 5.69 Å². The van der Waals surface area contributed by atoms with Crippen molar-refractivity contribution in [2.75, 3.05) is 6.54 Å². The van der Waals surface area contributed by atoms with Crippen LogP contribution in [0.2, 0.25) is 0 Å². The number of nitrogens with zero attached hydrogens (tertiary/aromatic N) is 4. The van der Waals surface area contributed by atoms with Gasteiger partial charge >= 0.3 is 0 Å². The van der Waals surface area contributed by atoms with Gasteiger partial charge in [-0.15, -0.1) is 10.2 Å². The Balaban J connectivity index is 1.71. The summed E-state index contributed by atoms with van der Waals surface area (Å²) in [6.07, 6.45) is 6.80. The number of guanidine groups is 1. The van der Waals surface area contributed by atoms with E-state index in [0.29, 0.717) is 12.6 Å². The minimum atomic E-state index is 0.497. The lowest BCUT2D eigenvalue weighted by molar-refractivity contribution is 0.613. The quantitative estimate of drug-likeness (QED) is 0.656. The van der Waals surface area contributed by atoms with E-state index < -0.39 is 0 Å². The SMILES string of the molecule is CCNC(=NCc1nncn1-c1ccccc1)NC1CCCC1. The first-order valence-electron chi connectivity index (χ1n) is 8.36. The highest BCUT2D eigenvalue weighted by molar-refractivity contribution is 5.80. The van der Waals surface area contributed by atoms with Gasteiger partial charge in [-0.2, -0.15) is 0 Å². The van der Waals surface area contributed by atoms with Crippen molar-refractivity contribution in [2.45, 2.75) is 45.2 Å². The van der Waals surface area contributed by atoms with Gasteiger partial charge in [0.2, 0.25) is 0 Å². The van der Waals surface area contributed by atoms with Gasteiger partial charge < -0.3 is 10.6 Å². The molecule has 0 bridgehead atoms. The maximum absolute atomic E-state index is 4.68. The molecule has 0 atom stereocenters. The van der Waals surface area contributed by atoms with Crippen LogP contribution in [-0.4, -0.2) is 33.3 Å². The van der Waals surface area contributed by atoms with Gasteiger partial charge in [0.25, 0.3) is 0 Å². The van der Waals surface area contributed by atoms with Gasteiger partial charge in [-0.1, -0.05) is 31.0 Å². The van der Waals surface area contributed by atoms with Gasteiger partial charge in [0, 0.05) is 18.3 Å². The van der Waals surface area contributed by atoms with E-state index in [4.69, 9.17) is 0 Å². The topological polar surface area (TPSA) is 67.1 Å². The fourth-order valence-corrected chi connectivity index (χ4v) is 2.90. The van der Waals surface area contributed by atoms with Crippen molar-refractivity contribution in [3.05, 3.63) is 42.5 Å². The normalized spacial score (nSPS) is 15.8. The highest BCUT2D eigenvalue weighted by Gasteiger charge is 2.16. The van der Waals surface area contributed by atoms with E-state index in [0.717, 1.165) is 24.0 Å². The zero-order chi connectivity index (χ0) is 15.9. The maximum Gasteiger partial charge on any atom is 0.191 e. The van der Waals surface area contributed by atoms with Crippen molar-refractivity contribution in [3.63, 3.8) is 0 Å². The Labute approximate surface area is 137 Å². The van der Waals surface area contributed by atoms with Gasteiger partial charge in [0.1, 0.15) is 12.9 Å². The fourth-order valence-electron chi connectivity index (χ4n) is 2.90. The molecule has 2 aromatic rings. The molecule has 0 amide bonds. The third-order valence-corrected chi connectivity index (χ3v) is 4.07. The highest BCUT2D eigenvalue weighted by atomic mass is 15.3. The predicted octanol–water partition coefficient (Wildman–Crippen LogP) is 2.26. The van der Waals surface area contributed by atoms with Gasteiger partial charge in [-0.05, 0) is 31.9 Å². The molecule has 0 radical (unpaired) electrons. The van der Waals surface area contributed by atoms with Crippen molar-refractivity contribution in [1.82, 2.24) is 25.4 Å². The second kappa shape index (κ2) is 7.76. The molecule has 1 aromatic heterocycles. The van der Waals surface area contributed by atoms with Crippen LogP contribution in [0.15, 0.2) is 41.7 Å². The average molecular weight is 312 g/mol. The van der Waals surface area contributed by atoms with Crippen molar-refractivity contribution in [1.29, 1.82) is 0 Å². The molecule has 122 valence electrons. The Bertz CT molecular complexity index is 628.